The van der Waals surface area contributed by atoms with E-state index >= 15 is 0 Å². The second-order valence-electron chi connectivity index (χ2n) is 5.82. The predicted molar refractivity (Wildman–Crippen MR) is 89.4 cm³/mol. The fourth-order valence-corrected chi connectivity index (χ4v) is 4.00. The average Bonchev–Trinajstić information content (AvgIpc) is 2.88. The standard InChI is InChI=1S/C18H19NS/c20-18-13(12-6-2-1-3-7-12)10-11-16-17(18)14-8-4-5-9-15(14)19-16/h5-6,9-11,19-20H,1-4,7-8H2. The molecular formula is C18H19NS. The maximum absolute atomic E-state index is 4.89. The molecule has 1 aromatic carbocycles. The second kappa shape index (κ2) is 4.85. The summed E-state index contributed by atoms with van der Waals surface area (Å²) in [6.45, 7) is 0. The van der Waals surface area contributed by atoms with Crippen LogP contribution < -0.4 is 0 Å². The van der Waals surface area contributed by atoms with Crippen molar-refractivity contribution in [2.75, 3.05) is 0 Å². The van der Waals surface area contributed by atoms with Crippen molar-refractivity contribution in [3.05, 3.63) is 41.1 Å². The van der Waals surface area contributed by atoms with Crippen LogP contribution in [-0.2, 0) is 6.42 Å². The molecule has 0 amide bonds. The predicted octanol–water partition coefficient (Wildman–Crippen LogP) is 5.37. The fraction of sp³-hybridized carbons (Fsp3) is 0.333. The Kier molecular flexibility index (Phi) is 2.99. The molecule has 0 saturated carbocycles. The van der Waals surface area contributed by atoms with E-state index in [0.29, 0.717) is 0 Å². The van der Waals surface area contributed by atoms with Crippen molar-refractivity contribution in [3.63, 3.8) is 0 Å². The van der Waals surface area contributed by atoms with Gasteiger partial charge in [0.1, 0.15) is 0 Å². The summed E-state index contributed by atoms with van der Waals surface area (Å²) < 4.78 is 0. The van der Waals surface area contributed by atoms with E-state index in [2.05, 4.69) is 35.3 Å². The molecule has 0 bridgehead atoms. The minimum Gasteiger partial charge on any atom is -0.355 e. The largest absolute Gasteiger partial charge is 0.355 e. The van der Waals surface area contributed by atoms with Crippen molar-refractivity contribution in [1.29, 1.82) is 0 Å². The lowest BCUT2D eigenvalue weighted by atomic mass is 9.92. The molecule has 20 heavy (non-hydrogen) atoms. The van der Waals surface area contributed by atoms with Crippen molar-refractivity contribution in [2.45, 2.75) is 43.4 Å². The molecule has 0 fully saturated rings. The highest BCUT2D eigenvalue weighted by Gasteiger charge is 2.18. The lowest BCUT2D eigenvalue weighted by Crippen LogP contribution is -1.95. The molecule has 0 radical (unpaired) electrons. The molecular weight excluding hydrogens is 262 g/mol. The molecule has 2 aromatic rings. The molecule has 4 rings (SSSR count). The van der Waals surface area contributed by atoms with E-state index in [1.165, 1.54) is 63.9 Å². The lowest BCUT2D eigenvalue weighted by Gasteiger charge is -2.16. The minimum atomic E-state index is 1.13. The molecule has 0 aliphatic heterocycles. The van der Waals surface area contributed by atoms with Gasteiger partial charge in [0, 0.05) is 21.5 Å². The third-order valence-corrected chi connectivity index (χ3v) is 5.02. The van der Waals surface area contributed by atoms with Crippen molar-refractivity contribution in [2.24, 2.45) is 0 Å². The maximum atomic E-state index is 4.89. The number of fused-ring (bicyclic) bond motifs is 3. The number of rotatable bonds is 1. The van der Waals surface area contributed by atoms with Gasteiger partial charge in [-0.15, -0.1) is 12.6 Å². The van der Waals surface area contributed by atoms with E-state index in [0.717, 1.165) is 12.8 Å². The van der Waals surface area contributed by atoms with Gasteiger partial charge < -0.3 is 4.98 Å². The number of aromatic amines is 1. The molecule has 2 aliphatic rings. The number of thiol groups is 1. The van der Waals surface area contributed by atoms with Crippen LogP contribution in [0.2, 0.25) is 0 Å². The molecule has 2 heteroatoms. The van der Waals surface area contributed by atoms with E-state index in [4.69, 9.17) is 12.6 Å². The zero-order chi connectivity index (χ0) is 13.5. The Bertz CT molecular complexity index is 733. The second-order valence-corrected chi connectivity index (χ2v) is 6.26. The van der Waals surface area contributed by atoms with Gasteiger partial charge in [0.25, 0.3) is 0 Å². The Hall–Kier alpha value is -1.41. The summed E-state index contributed by atoms with van der Waals surface area (Å²) in [7, 11) is 0. The number of hydrogen-bond donors (Lipinski definition) is 2. The summed E-state index contributed by atoms with van der Waals surface area (Å²) >= 11 is 4.89. The van der Waals surface area contributed by atoms with Gasteiger partial charge in [-0.3, -0.25) is 0 Å². The Balaban J connectivity index is 1.94. The van der Waals surface area contributed by atoms with Crippen molar-refractivity contribution in [3.8, 4) is 0 Å². The van der Waals surface area contributed by atoms with Crippen LogP contribution >= 0.6 is 12.6 Å². The summed E-state index contributed by atoms with van der Waals surface area (Å²) in [5.74, 6) is 0. The van der Waals surface area contributed by atoms with Gasteiger partial charge in [-0.2, -0.15) is 0 Å². The van der Waals surface area contributed by atoms with Crippen LogP contribution in [0, 0.1) is 0 Å². The lowest BCUT2D eigenvalue weighted by molar-refractivity contribution is 0.741. The first kappa shape index (κ1) is 12.3. The monoisotopic (exact) mass is 281 g/mol. The summed E-state index contributed by atoms with van der Waals surface area (Å²) in [5, 5.41) is 1.34. The molecule has 0 atom stereocenters. The van der Waals surface area contributed by atoms with Gasteiger partial charge >= 0.3 is 0 Å². The van der Waals surface area contributed by atoms with Gasteiger partial charge in [-0.25, -0.2) is 0 Å². The van der Waals surface area contributed by atoms with Crippen LogP contribution in [0.5, 0.6) is 0 Å². The first-order valence-corrected chi connectivity index (χ1v) is 8.02. The summed E-state index contributed by atoms with van der Waals surface area (Å²) in [5.41, 5.74) is 6.79. The zero-order valence-electron chi connectivity index (χ0n) is 11.6. The topological polar surface area (TPSA) is 15.8 Å². The Morgan fingerprint density at radius 2 is 2.00 bits per heavy atom. The number of hydrogen-bond acceptors (Lipinski definition) is 1. The third-order valence-electron chi connectivity index (χ3n) is 4.56. The van der Waals surface area contributed by atoms with Gasteiger partial charge in [0.2, 0.25) is 0 Å². The Morgan fingerprint density at radius 1 is 1.05 bits per heavy atom. The molecule has 1 nitrogen and oxygen atoms in total. The van der Waals surface area contributed by atoms with Gasteiger partial charge in [-0.05, 0) is 67.4 Å². The molecule has 1 heterocycles. The molecule has 0 spiro atoms. The van der Waals surface area contributed by atoms with E-state index in [-0.39, 0.29) is 0 Å². The SMILES string of the molecule is Sc1c(C2=CCCCC2)ccc2[nH]c3c(c12)CCC=C3. The number of nitrogens with one attached hydrogen (secondary N) is 1. The smallest absolute Gasteiger partial charge is 0.0473 e. The highest BCUT2D eigenvalue weighted by atomic mass is 32.1. The van der Waals surface area contributed by atoms with Crippen molar-refractivity contribution in [1.82, 2.24) is 4.98 Å². The average molecular weight is 281 g/mol. The van der Waals surface area contributed by atoms with Crippen LogP contribution in [0.15, 0.2) is 29.2 Å². The number of H-pyrrole nitrogens is 1. The van der Waals surface area contributed by atoms with Crippen molar-refractivity contribution >= 4 is 35.2 Å². The van der Waals surface area contributed by atoms with Crippen LogP contribution in [0.25, 0.3) is 22.6 Å². The van der Waals surface area contributed by atoms with Crippen LogP contribution in [-0.4, -0.2) is 4.98 Å². The summed E-state index contributed by atoms with van der Waals surface area (Å²) in [4.78, 5) is 4.70. The van der Waals surface area contributed by atoms with E-state index in [1.54, 1.807) is 0 Å². The van der Waals surface area contributed by atoms with Gasteiger partial charge in [0.05, 0.1) is 0 Å². The molecule has 1 aromatic heterocycles. The van der Waals surface area contributed by atoms with Gasteiger partial charge in [-0.1, -0.05) is 18.2 Å². The maximum Gasteiger partial charge on any atom is 0.0473 e. The number of benzene rings is 1. The van der Waals surface area contributed by atoms with E-state index in [9.17, 15) is 0 Å². The Labute approximate surface area is 125 Å². The molecule has 0 unspecified atom stereocenters. The van der Waals surface area contributed by atoms with Gasteiger partial charge in [0.15, 0.2) is 0 Å². The normalized spacial score (nSPS) is 18.1. The molecule has 102 valence electrons. The first-order valence-electron chi connectivity index (χ1n) is 7.57. The highest BCUT2D eigenvalue weighted by Crippen LogP contribution is 2.38. The minimum absolute atomic E-state index is 1.13. The first-order chi connectivity index (χ1) is 9.84. The highest BCUT2D eigenvalue weighted by molar-refractivity contribution is 7.80. The fourth-order valence-electron chi connectivity index (χ4n) is 3.53. The quantitative estimate of drug-likeness (QED) is 0.653. The van der Waals surface area contributed by atoms with Crippen LogP contribution in [0.1, 0.15) is 48.9 Å². The zero-order valence-corrected chi connectivity index (χ0v) is 12.5. The molecule has 2 aliphatic carbocycles. The summed E-state index contributed by atoms with van der Waals surface area (Å²) in [6, 6.07) is 4.47. The molecule has 1 N–H and O–H groups in total. The third kappa shape index (κ3) is 1.86. The summed E-state index contributed by atoms with van der Waals surface area (Å²) in [6.07, 6.45) is 14.2. The van der Waals surface area contributed by atoms with Crippen LogP contribution in [0.3, 0.4) is 0 Å². The van der Waals surface area contributed by atoms with Crippen LogP contribution in [0.4, 0.5) is 0 Å². The van der Waals surface area contributed by atoms with E-state index in [1.807, 2.05) is 0 Å². The Morgan fingerprint density at radius 3 is 2.85 bits per heavy atom. The number of aryl methyl sites for hydroxylation is 1. The van der Waals surface area contributed by atoms with E-state index < -0.39 is 0 Å². The molecule has 0 saturated heterocycles. The number of allylic oxidation sites excluding steroid dienone is 3. The number of aromatic nitrogens is 1. The van der Waals surface area contributed by atoms with Crippen molar-refractivity contribution < 1.29 is 0 Å².